The summed E-state index contributed by atoms with van der Waals surface area (Å²) in [6.45, 7) is 0.526. The summed E-state index contributed by atoms with van der Waals surface area (Å²) in [6, 6.07) is 0.157. The molecular weight excluding hydrogens is 128 g/mol. The molecule has 3 nitrogen and oxygen atoms in total. The van der Waals surface area contributed by atoms with Crippen LogP contribution in [0.4, 0.5) is 0 Å². The molecule has 2 unspecified atom stereocenters. The van der Waals surface area contributed by atoms with Gasteiger partial charge in [0.25, 0.3) is 0 Å². The summed E-state index contributed by atoms with van der Waals surface area (Å²) in [5, 5.41) is 14.5. The molecule has 0 saturated carbocycles. The van der Waals surface area contributed by atoms with E-state index in [0.717, 1.165) is 12.1 Å². The summed E-state index contributed by atoms with van der Waals surface area (Å²) in [6.07, 6.45) is 6.91. The highest BCUT2D eigenvalue weighted by atomic mass is 16.5. The standard InChI is InChI=1S/C7H10N2O/c10-9-5-8-6-3-1-2-4-7(6)9/h1-3,7-9H,4-5H2. The van der Waals surface area contributed by atoms with Crippen LogP contribution in [0.5, 0.6) is 0 Å². The fraction of sp³-hybridized carbons (Fsp3) is 0.429. The van der Waals surface area contributed by atoms with Crippen LogP contribution in [0.3, 0.4) is 0 Å². The average Bonchev–Trinajstić information content (AvgIpc) is 2.34. The summed E-state index contributed by atoms with van der Waals surface area (Å²) in [5.74, 6) is 0. The molecule has 2 aliphatic rings. The molecule has 3 heteroatoms. The molecule has 2 rings (SSSR count). The van der Waals surface area contributed by atoms with Crippen LogP contribution in [0.15, 0.2) is 23.9 Å². The fourth-order valence-electron chi connectivity index (χ4n) is 1.43. The summed E-state index contributed by atoms with van der Waals surface area (Å²) < 4.78 is 0. The number of nitrogens with one attached hydrogen (secondary N) is 2. The quantitative estimate of drug-likeness (QED) is 0.428. The van der Waals surface area contributed by atoms with Crippen LogP contribution >= 0.6 is 0 Å². The van der Waals surface area contributed by atoms with Gasteiger partial charge in [-0.25, -0.2) is 0 Å². The van der Waals surface area contributed by atoms with Gasteiger partial charge in [0.1, 0.15) is 6.04 Å². The molecule has 0 aromatic rings. The average molecular weight is 138 g/mol. The summed E-state index contributed by atoms with van der Waals surface area (Å²) in [4.78, 5) is 0. The molecule has 54 valence electrons. The lowest BCUT2D eigenvalue weighted by Gasteiger charge is -2.22. The Morgan fingerprint density at radius 3 is 3.40 bits per heavy atom. The van der Waals surface area contributed by atoms with Crippen molar-refractivity contribution in [2.45, 2.75) is 12.5 Å². The normalized spacial score (nSPS) is 36.7. The molecule has 1 heterocycles. The van der Waals surface area contributed by atoms with E-state index in [0.29, 0.717) is 11.7 Å². The van der Waals surface area contributed by atoms with Gasteiger partial charge in [-0.1, -0.05) is 12.2 Å². The number of allylic oxidation sites excluding steroid dienone is 2. The van der Waals surface area contributed by atoms with Crippen molar-refractivity contribution in [2.75, 3.05) is 6.67 Å². The highest BCUT2D eigenvalue weighted by Crippen LogP contribution is 2.09. The van der Waals surface area contributed by atoms with Gasteiger partial charge in [-0.3, -0.25) is 0 Å². The van der Waals surface area contributed by atoms with Crippen LogP contribution < -0.4 is 10.4 Å². The molecule has 0 aromatic heterocycles. The van der Waals surface area contributed by atoms with Crippen molar-refractivity contribution in [2.24, 2.45) is 0 Å². The minimum atomic E-state index is 0.157. The zero-order valence-electron chi connectivity index (χ0n) is 5.63. The van der Waals surface area contributed by atoms with E-state index in [1.165, 1.54) is 0 Å². The molecule has 0 radical (unpaired) electrons. The second kappa shape index (κ2) is 2.11. The van der Waals surface area contributed by atoms with Gasteiger partial charge in [-0.05, 0) is 6.08 Å². The highest BCUT2D eigenvalue weighted by molar-refractivity contribution is 5.21. The molecule has 2 N–H and O–H groups in total. The minimum Gasteiger partial charge on any atom is -0.632 e. The van der Waals surface area contributed by atoms with Crippen LogP contribution in [-0.4, -0.2) is 12.7 Å². The number of hydroxylamine groups is 2. The van der Waals surface area contributed by atoms with Gasteiger partial charge in [0.15, 0.2) is 6.67 Å². The first-order valence-corrected chi connectivity index (χ1v) is 3.51. The molecule has 0 aromatic carbocycles. The first-order valence-electron chi connectivity index (χ1n) is 3.51. The van der Waals surface area contributed by atoms with Crippen molar-refractivity contribution in [1.29, 1.82) is 0 Å². The van der Waals surface area contributed by atoms with E-state index in [2.05, 4.69) is 5.32 Å². The summed E-state index contributed by atoms with van der Waals surface area (Å²) in [7, 11) is 0. The third kappa shape index (κ3) is 0.751. The molecule has 0 amide bonds. The molecule has 1 aliphatic heterocycles. The lowest BCUT2D eigenvalue weighted by atomic mass is 10.1. The van der Waals surface area contributed by atoms with E-state index in [-0.39, 0.29) is 6.04 Å². The zero-order valence-corrected chi connectivity index (χ0v) is 5.63. The molecule has 0 bridgehead atoms. The number of fused-ring (bicyclic) bond motifs is 1. The number of rotatable bonds is 0. The lowest BCUT2D eigenvalue weighted by molar-refractivity contribution is -0.858. The molecule has 1 saturated heterocycles. The molecule has 0 spiro atoms. The topological polar surface area (TPSA) is 39.5 Å². The van der Waals surface area contributed by atoms with E-state index in [1.54, 1.807) is 0 Å². The van der Waals surface area contributed by atoms with Crippen molar-refractivity contribution >= 4 is 0 Å². The van der Waals surface area contributed by atoms with E-state index in [1.807, 2.05) is 18.2 Å². The SMILES string of the molecule is [O-][NH+]1CNC2=CC=CCC21. The number of quaternary nitrogens is 1. The van der Waals surface area contributed by atoms with Crippen molar-refractivity contribution in [3.8, 4) is 0 Å². The zero-order chi connectivity index (χ0) is 6.97. The second-order valence-corrected chi connectivity index (χ2v) is 2.66. The Labute approximate surface area is 59.6 Å². The molecule has 10 heavy (non-hydrogen) atoms. The Balaban J connectivity index is 2.23. The Morgan fingerprint density at radius 1 is 1.70 bits per heavy atom. The Hall–Kier alpha value is -0.800. The molecule has 1 aliphatic carbocycles. The van der Waals surface area contributed by atoms with Crippen molar-refractivity contribution in [3.05, 3.63) is 29.1 Å². The van der Waals surface area contributed by atoms with E-state index in [4.69, 9.17) is 0 Å². The molecule has 2 atom stereocenters. The number of hydrogen-bond acceptors (Lipinski definition) is 2. The van der Waals surface area contributed by atoms with Gasteiger partial charge in [0.05, 0.1) is 5.70 Å². The number of hydrogen-bond donors (Lipinski definition) is 2. The maximum atomic E-state index is 11.1. The third-order valence-electron chi connectivity index (χ3n) is 2.01. The lowest BCUT2D eigenvalue weighted by Crippen LogP contribution is -3.09. The molecule has 1 fully saturated rings. The summed E-state index contributed by atoms with van der Waals surface area (Å²) in [5.41, 5.74) is 1.10. The fourth-order valence-corrected chi connectivity index (χ4v) is 1.43. The van der Waals surface area contributed by atoms with Gasteiger partial charge in [-0.15, -0.1) is 0 Å². The summed E-state index contributed by atoms with van der Waals surface area (Å²) >= 11 is 0. The highest BCUT2D eigenvalue weighted by Gasteiger charge is 2.26. The van der Waals surface area contributed by atoms with Crippen LogP contribution in [-0.2, 0) is 0 Å². The predicted octanol–water partition coefficient (Wildman–Crippen LogP) is -0.858. The van der Waals surface area contributed by atoms with Crippen LogP contribution in [0.25, 0.3) is 0 Å². The van der Waals surface area contributed by atoms with Crippen molar-refractivity contribution in [1.82, 2.24) is 5.32 Å². The van der Waals surface area contributed by atoms with Gasteiger partial charge in [0.2, 0.25) is 0 Å². The smallest absolute Gasteiger partial charge is 0.150 e. The van der Waals surface area contributed by atoms with Crippen LogP contribution in [0.1, 0.15) is 6.42 Å². The van der Waals surface area contributed by atoms with Crippen LogP contribution in [0, 0.1) is 5.21 Å². The third-order valence-corrected chi connectivity index (χ3v) is 2.01. The van der Waals surface area contributed by atoms with Crippen LogP contribution in [0.2, 0.25) is 0 Å². The second-order valence-electron chi connectivity index (χ2n) is 2.66. The first kappa shape index (κ1) is 5.95. The Kier molecular flexibility index (Phi) is 1.25. The van der Waals surface area contributed by atoms with Gasteiger partial charge >= 0.3 is 0 Å². The maximum Gasteiger partial charge on any atom is 0.150 e. The van der Waals surface area contributed by atoms with Gasteiger partial charge < -0.3 is 15.6 Å². The predicted molar refractivity (Wildman–Crippen MR) is 38.0 cm³/mol. The van der Waals surface area contributed by atoms with Crippen molar-refractivity contribution in [3.63, 3.8) is 0 Å². The van der Waals surface area contributed by atoms with Gasteiger partial charge in [-0.2, -0.15) is 0 Å². The first-order chi connectivity index (χ1) is 4.88. The van der Waals surface area contributed by atoms with E-state index < -0.39 is 0 Å². The largest absolute Gasteiger partial charge is 0.632 e. The maximum absolute atomic E-state index is 11.1. The van der Waals surface area contributed by atoms with E-state index >= 15 is 0 Å². The minimum absolute atomic E-state index is 0.157. The monoisotopic (exact) mass is 138 g/mol. The Bertz CT molecular complexity index is 198. The van der Waals surface area contributed by atoms with Gasteiger partial charge in [0, 0.05) is 6.42 Å². The Morgan fingerprint density at radius 2 is 2.60 bits per heavy atom. The van der Waals surface area contributed by atoms with Crippen molar-refractivity contribution < 1.29 is 5.06 Å². The molecular formula is C7H10N2O. The van der Waals surface area contributed by atoms with E-state index in [9.17, 15) is 5.21 Å².